The first-order valence-corrected chi connectivity index (χ1v) is 10.7. The van der Waals surface area contributed by atoms with Crippen molar-refractivity contribution in [2.45, 2.75) is 6.61 Å². The Hall–Kier alpha value is -2.70. The first kappa shape index (κ1) is 22.0. The van der Waals surface area contributed by atoms with E-state index in [9.17, 15) is 14.4 Å². The number of benzene rings is 3. The monoisotopic (exact) mass is 576 g/mol. The summed E-state index contributed by atoms with van der Waals surface area (Å²) in [5.41, 5.74) is 2.01. The van der Waals surface area contributed by atoms with Crippen molar-refractivity contribution in [2.75, 3.05) is 5.32 Å². The molecular weight excluding hydrogens is 562 g/mol. The van der Waals surface area contributed by atoms with Crippen LogP contribution in [0.1, 0.15) is 11.1 Å². The Morgan fingerprint density at radius 1 is 1.17 bits per heavy atom. The predicted octanol–water partition coefficient (Wildman–Crippen LogP) is 6.32. The van der Waals surface area contributed by atoms with E-state index < -0.39 is 5.91 Å². The Balaban J connectivity index is 1.70. The lowest BCUT2D eigenvalue weighted by atomic mass is 10.1. The number of halogens is 3. The van der Waals surface area contributed by atoms with Crippen molar-refractivity contribution in [3.63, 3.8) is 0 Å². The fourth-order valence-electron chi connectivity index (χ4n) is 2.56. The van der Waals surface area contributed by atoms with Gasteiger partial charge in [-0.15, -0.1) is 0 Å². The van der Waals surface area contributed by atoms with Gasteiger partial charge < -0.3 is 10.1 Å². The zero-order valence-electron chi connectivity index (χ0n) is 15.5. The molecule has 4 nitrogen and oxygen atoms in total. The molecule has 3 aromatic carbocycles. The molecule has 0 aromatic heterocycles. The summed E-state index contributed by atoms with van der Waals surface area (Å²) >= 11 is 5.45. The van der Waals surface area contributed by atoms with Crippen molar-refractivity contribution in [3.8, 4) is 11.8 Å². The first-order chi connectivity index (χ1) is 14.4. The Bertz CT molecular complexity index is 1140. The fourth-order valence-corrected chi connectivity index (χ4v) is 3.52. The highest BCUT2D eigenvalue weighted by Gasteiger charge is 2.11. The number of rotatable bonds is 6. The molecule has 0 aliphatic rings. The fraction of sp³-hybridized carbons (Fsp3) is 0.0435. The lowest BCUT2D eigenvalue weighted by Crippen LogP contribution is -2.13. The van der Waals surface area contributed by atoms with Gasteiger partial charge in [0.15, 0.2) is 0 Å². The number of ether oxygens (including phenoxy) is 1. The van der Waals surface area contributed by atoms with E-state index in [-0.39, 0.29) is 18.0 Å². The molecule has 7 heteroatoms. The van der Waals surface area contributed by atoms with Crippen LogP contribution in [0.5, 0.6) is 5.75 Å². The molecule has 0 saturated heterocycles. The number of hydrogen-bond acceptors (Lipinski definition) is 3. The largest absolute Gasteiger partial charge is 0.488 e. The van der Waals surface area contributed by atoms with E-state index in [2.05, 4.69) is 43.8 Å². The molecule has 0 saturated carbocycles. The number of hydrogen-bond donors (Lipinski definition) is 1. The number of nitrogens with zero attached hydrogens (tertiary/aromatic N) is 1. The van der Waals surface area contributed by atoms with Gasteiger partial charge in [-0.05, 0) is 88.3 Å². The lowest BCUT2D eigenvalue weighted by molar-refractivity contribution is -0.112. The van der Waals surface area contributed by atoms with Crippen molar-refractivity contribution < 1.29 is 13.9 Å². The molecule has 0 aliphatic carbocycles. The van der Waals surface area contributed by atoms with Crippen LogP contribution in [0.2, 0.25) is 0 Å². The molecule has 30 heavy (non-hydrogen) atoms. The van der Waals surface area contributed by atoms with Gasteiger partial charge in [0.25, 0.3) is 5.91 Å². The smallest absolute Gasteiger partial charge is 0.266 e. The van der Waals surface area contributed by atoms with Crippen LogP contribution in [-0.2, 0) is 11.4 Å². The maximum Gasteiger partial charge on any atom is 0.266 e. The van der Waals surface area contributed by atoms with Gasteiger partial charge in [-0.2, -0.15) is 5.26 Å². The van der Waals surface area contributed by atoms with E-state index in [0.29, 0.717) is 17.0 Å². The van der Waals surface area contributed by atoms with Crippen LogP contribution in [0.25, 0.3) is 6.08 Å². The highest BCUT2D eigenvalue weighted by Crippen LogP contribution is 2.25. The summed E-state index contributed by atoms with van der Waals surface area (Å²) in [6.45, 7) is 0.238. The average Bonchev–Trinajstić information content (AvgIpc) is 2.73. The van der Waals surface area contributed by atoms with Crippen molar-refractivity contribution in [2.24, 2.45) is 0 Å². The molecule has 0 unspecified atom stereocenters. The first-order valence-electron chi connectivity index (χ1n) is 8.80. The minimum Gasteiger partial charge on any atom is -0.488 e. The predicted molar refractivity (Wildman–Crippen MR) is 126 cm³/mol. The van der Waals surface area contributed by atoms with E-state index in [0.717, 1.165) is 13.6 Å². The molecule has 0 atom stereocenters. The molecule has 0 radical (unpaired) electrons. The molecule has 0 spiro atoms. The topological polar surface area (TPSA) is 62.1 Å². The molecular formula is C23H15BrFIN2O2. The molecule has 0 heterocycles. The third-order valence-corrected chi connectivity index (χ3v) is 5.39. The van der Waals surface area contributed by atoms with Gasteiger partial charge in [-0.25, -0.2) is 4.39 Å². The number of anilines is 1. The van der Waals surface area contributed by atoms with Gasteiger partial charge in [0.1, 0.15) is 29.8 Å². The third-order valence-electron chi connectivity index (χ3n) is 4.02. The van der Waals surface area contributed by atoms with Crippen LogP contribution < -0.4 is 10.1 Å². The Morgan fingerprint density at radius 3 is 2.60 bits per heavy atom. The van der Waals surface area contributed by atoms with Gasteiger partial charge in [-0.3, -0.25) is 4.79 Å². The number of nitrogens with one attached hydrogen (secondary N) is 1. The molecule has 0 aliphatic heterocycles. The van der Waals surface area contributed by atoms with Crippen molar-refractivity contribution in [3.05, 3.63) is 97.3 Å². The van der Waals surface area contributed by atoms with E-state index in [1.54, 1.807) is 48.5 Å². The van der Waals surface area contributed by atoms with Crippen LogP contribution in [0.15, 0.2) is 76.8 Å². The number of nitriles is 1. The molecule has 1 N–H and O–H groups in total. The maximum absolute atomic E-state index is 13.3. The molecule has 0 bridgehead atoms. The summed E-state index contributed by atoms with van der Waals surface area (Å²) in [6.07, 6.45) is 1.52. The number of carbonyl (C=O) groups excluding carboxylic acids is 1. The highest BCUT2D eigenvalue weighted by molar-refractivity contribution is 14.1. The summed E-state index contributed by atoms with van der Waals surface area (Å²) in [6, 6.07) is 20.6. The SMILES string of the molecule is N#C/C(=C/c1ccc(OCc2cccc(F)c2)c(I)c1)C(=O)Nc1ccc(Br)cc1. The Kier molecular flexibility index (Phi) is 7.60. The molecule has 3 aromatic rings. The summed E-state index contributed by atoms with van der Waals surface area (Å²) in [7, 11) is 0. The second kappa shape index (κ2) is 10.4. The molecule has 3 rings (SSSR count). The minimum absolute atomic E-state index is 0.0119. The van der Waals surface area contributed by atoms with Gasteiger partial charge >= 0.3 is 0 Å². The van der Waals surface area contributed by atoms with Crippen LogP contribution in [0, 0.1) is 20.7 Å². The van der Waals surface area contributed by atoms with Gasteiger partial charge in [0.2, 0.25) is 0 Å². The van der Waals surface area contributed by atoms with Gasteiger partial charge in [0.05, 0.1) is 3.57 Å². The van der Waals surface area contributed by atoms with E-state index in [1.165, 1.54) is 18.2 Å². The maximum atomic E-state index is 13.3. The van der Waals surface area contributed by atoms with Gasteiger partial charge in [0, 0.05) is 10.2 Å². The third kappa shape index (κ3) is 6.15. The standard InChI is InChI=1S/C23H15BrFIN2O2/c24-18-5-7-20(8-6-18)28-23(29)17(13-27)10-15-4-9-22(21(26)12-15)30-14-16-2-1-3-19(25)11-16/h1-12H,14H2,(H,28,29)/b17-10-. The van der Waals surface area contributed by atoms with E-state index in [1.807, 2.05) is 12.1 Å². The summed E-state index contributed by atoms with van der Waals surface area (Å²) < 4.78 is 20.7. The van der Waals surface area contributed by atoms with E-state index in [4.69, 9.17) is 4.74 Å². The number of amides is 1. The Labute approximate surface area is 195 Å². The van der Waals surface area contributed by atoms with Crippen molar-refractivity contribution in [1.82, 2.24) is 0 Å². The van der Waals surface area contributed by atoms with Crippen LogP contribution in [0.3, 0.4) is 0 Å². The second-order valence-electron chi connectivity index (χ2n) is 6.24. The highest BCUT2D eigenvalue weighted by atomic mass is 127. The van der Waals surface area contributed by atoms with E-state index >= 15 is 0 Å². The second-order valence-corrected chi connectivity index (χ2v) is 8.32. The van der Waals surface area contributed by atoms with Crippen LogP contribution in [-0.4, -0.2) is 5.91 Å². The summed E-state index contributed by atoms with van der Waals surface area (Å²) in [5.74, 6) is -0.159. The quantitative estimate of drug-likeness (QED) is 0.212. The zero-order valence-corrected chi connectivity index (χ0v) is 19.3. The molecule has 150 valence electrons. The normalized spacial score (nSPS) is 10.9. The molecule has 0 fully saturated rings. The summed E-state index contributed by atoms with van der Waals surface area (Å²) in [5, 5.41) is 12.1. The number of carbonyl (C=O) groups is 1. The molecule has 1 amide bonds. The van der Waals surface area contributed by atoms with Crippen LogP contribution >= 0.6 is 38.5 Å². The Morgan fingerprint density at radius 2 is 1.93 bits per heavy atom. The minimum atomic E-state index is -0.485. The van der Waals surface area contributed by atoms with Crippen molar-refractivity contribution in [1.29, 1.82) is 5.26 Å². The summed E-state index contributed by atoms with van der Waals surface area (Å²) in [4.78, 5) is 12.4. The van der Waals surface area contributed by atoms with Crippen LogP contribution in [0.4, 0.5) is 10.1 Å². The van der Waals surface area contributed by atoms with Gasteiger partial charge in [-0.1, -0.05) is 34.1 Å². The van der Waals surface area contributed by atoms with Crippen molar-refractivity contribution >= 4 is 56.2 Å². The lowest BCUT2D eigenvalue weighted by Gasteiger charge is -2.09. The zero-order chi connectivity index (χ0) is 21.5. The average molecular weight is 577 g/mol.